The van der Waals surface area contributed by atoms with Crippen molar-refractivity contribution in [3.8, 4) is 11.6 Å². The molecule has 110 valence electrons. The number of rotatable bonds is 4. The van der Waals surface area contributed by atoms with Gasteiger partial charge in [-0.05, 0) is 48.2 Å². The quantitative estimate of drug-likeness (QED) is 0.897. The maximum Gasteiger partial charge on any atom is 0.354 e. The molecule has 2 aromatic rings. The Hall–Kier alpha value is -2.56. The highest BCUT2D eigenvalue weighted by molar-refractivity contribution is 5.86. The number of hydrogen-bond donors (Lipinski definition) is 2. The molecule has 0 spiro atoms. The van der Waals surface area contributed by atoms with Crippen molar-refractivity contribution in [3.63, 3.8) is 0 Å². The van der Waals surface area contributed by atoms with E-state index in [1.54, 1.807) is 0 Å². The van der Waals surface area contributed by atoms with Gasteiger partial charge < -0.3 is 15.6 Å². The Morgan fingerprint density at radius 3 is 2.57 bits per heavy atom. The monoisotopic (exact) mass is 286 g/mol. The lowest BCUT2D eigenvalue weighted by Gasteiger charge is -2.13. The smallest absolute Gasteiger partial charge is 0.354 e. The summed E-state index contributed by atoms with van der Waals surface area (Å²) < 4.78 is 5.62. The Morgan fingerprint density at radius 2 is 2.00 bits per heavy atom. The number of anilines is 1. The highest BCUT2D eigenvalue weighted by Crippen LogP contribution is 2.29. The summed E-state index contributed by atoms with van der Waals surface area (Å²) in [6, 6.07) is 8.53. The number of nitrogens with zero attached hydrogens (tertiary/aromatic N) is 1. The van der Waals surface area contributed by atoms with E-state index in [0.717, 1.165) is 5.56 Å². The molecule has 0 atom stereocenters. The van der Waals surface area contributed by atoms with Crippen LogP contribution in [0.3, 0.4) is 0 Å². The highest BCUT2D eigenvalue weighted by Gasteiger charge is 2.11. The summed E-state index contributed by atoms with van der Waals surface area (Å²) in [5.74, 6) is -0.00555. The average molecular weight is 286 g/mol. The minimum absolute atomic E-state index is 0.102. The lowest BCUT2D eigenvalue weighted by Crippen LogP contribution is -2.04. The lowest BCUT2D eigenvalue weighted by atomic mass is 9.98. The van der Waals surface area contributed by atoms with Crippen LogP contribution in [0.5, 0.6) is 11.6 Å². The van der Waals surface area contributed by atoms with Gasteiger partial charge in [0.05, 0.1) is 5.69 Å². The predicted molar refractivity (Wildman–Crippen MR) is 81.0 cm³/mol. The summed E-state index contributed by atoms with van der Waals surface area (Å²) in [5.41, 5.74) is 8.31. The largest absolute Gasteiger partial charge is 0.477 e. The molecule has 3 N–H and O–H groups in total. The van der Waals surface area contributed by atoms with E-state index in [1.165, 1.54) is 17.7 Å². The van der Waals surface area contributed by atoms with Crippen LogP contribution in [-0.2, 0) is 0 Å². The van der Waals surface area contributed by atoms with Crippen LogP contribution in [0.2, 0.25) is 0 Å². The topological polar surface area (TPSA) is 85.4 Å². The second-order valence-electron chi connectivity index (χ2n) is 5.17. The van der Waals surface area contributed by atoms with Crippen LogP contribution in [0, 0.1) is 6.92 Å². The van der Waals surface area contributed by atoms with E-state index in [2.05, 4.69) is 18.8 Å². The first-order chi connectivity index (χ1) is 9.88. The van der Waals surface area contributed by atoms with Crippen LogP contribution in [0.1, 0.15) is 41.4 Å². The Balaban J connectivity index is 2.32. The van der Waals surface area contributed by atoms with E-state index >= 15 is 0 Å². The summed E-state index contributed by atoms with van der Waals surface area (Å²) >= 11 is 0. The molecule has 1 heterocycles. The molecule has 2 rings (SSSR count). The van der Waals surface area contributed by atoms with Crippen molar-refractivity contribution in [2.24, 2.45) is 0 Å². The van der Waals surface area contributed by atoms with E-state index in [0.29, 0.717) is 17.4 Å². The van der Waals surface area contributed by atoms with Gasteiger partial charge in [0, 0.05) is 0 Å². The molecule has 1 aromatic heterocycles. The maximum atomic E-state index is 10.9. The van der Waals surface area contributed by atoms with E-state index < -0.39 is 5.97 Å². The summed E-state index contributed by atoms with van der Waals surface area (Å²) in [6.45, 7) is 6.25. The van der Waals surface area contributed by atoms with Crippen molar-refractivity contribution in [1.82, 2.24) is 4.98 Å². The Labute approximate surface area is 123 Å². The van der Waals surface area contributed by atoms with Gasteiger partial charge in [0.25, 0.3) is 0 Å². The number of hydrogen-bond acceptors (Lipinski definition) is 4. The molecule has 5 heteroatoms. The third-order valence-electron chi connectivity index (χ3n) is 3.19. The number of carbonyl (C=O) groups is 1. The van der Waals surface area contributed by atoms with Gasteiger partial charge in [-0.3, -0.25) is 0 Å². The second kappa shape index (κ2) is 5.83. The normalized spacial score (nSPS) is 10.7. The average Bonchev–Trinajstić information content (AvgIpc) is 2.40. The number of nitrogen functional groups attached to an aromatic ring is 1. The fourth-order valence-corrected chi connectivity index (χ4v) is 2.12. The molecule has 0 bridgehead atoms. The third kappa shape index (κ3) is 3.31. The molecule has 5 nitrogen and oxygen atoms in total. The fourth-order valence-electron chi connectivity index (χ4n) is 2.12. The number of carboxylic acid groups (broad SMARTS) is 1. The Kier molecular flexibility index (Phi) is 4.12. The van der Waals surface area contributed by atoms with E-state index in [4.69, 9.17) is 15.6 Å². The molecule has 1 aromatic carbocycles. The minimum atomic E-state index is -1.12. The molecule has 0 saturated carbocycles. The molecule has 0 aliphatic rings. The first-order valence-electron chi connectivity index (χ1n) is 6.66. The maximum absolute atomic E-state index is 10.9. The van der Waals surface area contributed by atoms with Crippen LogP contribution in [-0.4, -0.2) is 16.1 Å². The van der Waals surface area contributed by atoms with Crippen LogP contribution in [0.25, 0.3) is 0 Å². The Bertz CT molecular complexity index is 681. The van der Waals surface area contributed by atoms with E-state index in [-0.39, 0.29) is 11.6 Å². The van der Waals surface area contributed by atoms with Gasteiger partial charge >= 0.3 is 5.97 Å². The first-order valence-corrected chi connectivity index (χ1v) is 6.66. The Morgan fingerprint density at radius 1 is 1.29 bits per heavy atom. The minimum Gasteiger partial charge on any atom is -0.477 e. The number of nitrogens with two attached hydrogens (primary N) is 1. The lowest BCUT2D eigenvalue weighted by molar-refractivity contribution is 0.0689. The van der Waals surface area contributed by atoms with Crippen LogP contribution >= 0.6 is 0 Å². The number of carboxylic acids is 1. The molecule has 0 unspecified atom stereocenters. The molecular weight excluding hydrogens is 268 g/mol. The molecule has 0 fully saturated rings. The zero-order valence-electron chi connectivity index (χ0n) is 12.3. The highest BCUT2D eigenvalue weighted by atomic mass is 16.5. The number of benzene rings is 1. The van der Waals surface area contributed by atoms with Crippen molar-refractivity contribution in [2.45, 2.75) is 26.7 Å². The van der Waals surface area contributed by atoms with E-state index in [9.17, 15) is 4.79 Å². The van der Waals surface area contributed by atoms with Crippen molar-refractivity contribution in [2.75, 3.05) is 5.73 Å². The van der Waals surface area contributed by atoms with Gasteiger partial charge in [-0.15, -0.1) is 0 Å². The summed E-state index contributed by atoms with van der Waals surface area (Å²) in [4.78, 5) is 14.8. The fraction of sp³-hybridized carbons (Fsp3) is 0.250. The van der Waals surface area contributed by atoms with Crippen LogP contribution in [0.15, 0.2) is 30.3 Å². The molecule has 0 aliphatic carbocycles. The molecular formula is C16H18N2O3. The number of ether oxygens (including phenoxy) is 1. The van der Waals surface area contributed by atoms with Gasteiger partial charge in [0.1, 0.15) is 5.75 Å². The summed E-state index contributed by atoms with van der Waals surface area (Å²) in [7, 11) is 0. The zero-order valence-corrected chi connectivity index (χ0v) is 12.3. The van der Waals surface area contributed by atoms with Crippen LogP contribution in [0.4, 0.5) is 5.69 Å². The van der Waals surface area contributed by atoms with E-state index in [1.807, 2.05) is 25.1 Å². The van der Waals surface area contributed by atoms with Crippen molar-refractivity contribution in [1.29, 1.82) is 0 Å². The van der Waals surface area contributed by atoms with Crippen molar-refractivity contribution >= 4 is 11.7 Å². The van der Waals surface area contributed by atoms with Gasteiger partial charge in [-0.2, -0.15) is 0 Å². The predicted octanol–water partition coefficient (Wildman–Crippen LogP) is 3.59. The molecule has 0 saturated heterocycles. The van der Waals surface area contributed by atoms with Gasteiger partial charge in [0.2, 0.25) is 5.88 Å². The number of aryl methyl sites for hydroxylation is 1. The zero-order chi connectivity index (χ0) is 15.6. The summed E-state index contributed by atoms with van der Waals surface area (Å²) in [6.07, 6.45) is 0. The molecule has 0 amide bonds. The number of aromatic nitrogens is 1. The first kappa shape index (κ1) is 14.8. The molecule has 21 heavy (non-hydrogen) atoms. The molecule has 0 aliphatic heterocycles. The van der Waals surface area contributed by atoms with Crippen molar-refractivity contribution in [3.05, 3.63) is 47.2 Å². The standard InChI is InChI=1S/C16H18N2O3/c1-9(2)12-5-4-11(8-10(12)3)21-15-13(17)6-7-14(18-15)16(19)20/h4-9H,17H2,1-3H3,(H,19,20). The summed E-state index contributed by atoms with van der Waals surface area (Å²) in [5, 5.41) is 8.95. The van der Waals surface area contributed by atoms with Crippen LogP contribution < -0.4 is 10.5 Å². The SMILES string of the molecule is Cc1cc(Oc2nc(C(=O)O)ccc2N)ccc1C(C)C. The second-order valence-corrected chi connectivity index (χ2v) is 5.17. The third-order valence-corrected chi connectivity index (χ3v) is 3.19. The molecule has 0 radical (unpaired) electrons. The number of pyridine rings is 1. The van der Waals surface area contributed by atoms with Gasteiger partial charge in [-0.25, -0.2) is 9.78 Å². The number of aromatic carboxylic acids is 1. The van der Waals surface area contributed by atoms with Gasteiger partial charge in [0.15, 0.2) is 5.69 Å². The van der Waals surface area contributed by atoms with Gasteiger partial charge in [-0.1, -0.05) is 19.9 Å². The van der Waals surface area contributed by atoms with Crippen molar-refractivity contribution < 1.29 is 14.6 Å².